The van der Waals surface area contributed by atoms with Gasteiger partial charge in [0.15, 0.2) is 0 Å². The van der Waals surface area contributed by atoms with E-state index >= 15 is 0 Å². The molecule has 0 heterocycles. The van der Waals surface area contributed by atoms with Crippen LogP contribution in [-0.4, -0.2) is 0 Å². The van der Waals surface area contributed by atoms with Gasteiger partial charge in [-0.25, -0.2) is 19.6 Å². The average molecular weight is 251 g/mol. The van der Waals surface area contributed by atoms with Gasteiger partial charge in [-0.15, -0.1) is 0 Å². The van der Waals surface area contributed by atoms with Crippen LogP contribution in [0.4, 0.5) is 0 Å². The second-order valence-electron chi connectivity index (χ2n) is 2.28. The summed E-state index contributed by atoms with van der Waals surface area (Å²) in [4.78, 5) is 0. The molecule has 0 aromatic rings. The van der Waals surface area contributed by atoms with Gasteiger partial charge in [0.1, 0.15) is 0 Å². The minimum absolute atomic E-state index is 0. The number of rotatable bonds is 0. The van der Waals surface area contributed by atoms with Crippen LogP contribution in [0.3, 0.4) is 0 Å². The Labute approximate surface area is 89.2 Å². The second-order valence-corrected chi connectivity index (χ2v) is 2.28. The standard InChI is InChI=1S/C8H11.C3H5.Rh/c1-2-4-6-8-7-5-3-1;1-3-2;/h1-2,7H,3-6H2;3H,1-2H2;/q2*-1;+2. The molecule has 1 radical (unpaired) electrons. The van der Waals surface area contributed by atoms with Gasteiger partial charge in [-0.1, -0.05) is 25.0 Å². The Morgan fingerprint density at radius 2 is 1.83 bits per heavy atom. The van der Waals surface area contributed by atoms with E-state index in [0.717, 1.165) is 6.42 Å². The van der Waals surface area contributed by atoms with Crippen molar-refractivity contribution in [3.8, 4) is 0 Å². The Hall–Kier alpha value is -0.287. The van der Waals surface area contributed by atoms with E-state index in [1.165, 1.54) is 25.3 Å². The molecule has 1 rings (SSSR count). The minimum atomic E-state index is 0. The SMILES string of the molecule is C=C[CH2-].[C-]1=CCCC=CCC1.[Rh+2]. The summed E-state index contributed by atoms with van der Waals surface area (Å²) >= 11 is 0. The number of allylic oxidation sites excluding steroid dienone is 5. The molecule has 0 saturated heterocycles. The van der Waals surface area contributed by atoms with E-state index in [2.05, 4.69) is 37.8 Å². The number of hydrogen-bond acceptors (Lipinski definition) is 0. The zero-order valence-electron chi connectivity index (χ0n) is 7.39. The van der Waals surface area contributed by atoms with Crippen molar-refractivity contribution >= 4 is 0 Å². The summed E-state index contributed by atoms with van der Waals surface area (Å²) in [7, 11) is 0. The van der Waals surface area contributed by atoms with Crippen LogP contribution < -0.4 is 0 Å². The summed E-state index contributed by atoms with van der Waals surface area (Å²) in [5.74, 6) is 0. The molecule has 0 amide bonds. The van der Waals surface area contributed by atoms with E-state index in [-0.39, 0.29) is 19.5 Å². The zero-order chi connectivity index (χ0) is 8.36. The van der Waals surface area contributed by atoms with Crippen molar-refractivity contribution in [3.63, 3.8) is 0 Å². The first kappa shape index (κ1) is 14.2. The molecule has 0 bridgehead atoms. The summed E-state index contributed by atoms with van der Waals surface area (Å²) < 4.78 is 0. The fraction of sp³-hybridized carbons (Fsp3) is 0.364. The van der Waals surface area contributed by atoms with Gasteiger partial charge in [-0.05, 0) is 6.42 Å². The van der Waals surface area contributed by atoms with Gasteiger partial charge >= 0.3 is 19.5 Å². The molecule has 0 N–H and O–H groups in total. The van der Waals surface area contributed by atoms with Crippen LogP contribution >= 0.6 is 0 Å². The van der Waals surface area contributed by atoms with Gasteiger partial charge < -0.3 is 6.08 Å². The first-order chi connectivity index (χ1) is 5.41. The molecule has 0 spiro atoms. The Kier molecular flexibility index (Phi) is 15.8. The maximum absolute atomic E-state index is 3.25. The molecule has 0 aromatic carbocycles. The van der Waals surface area contributed by atoms with Gasteiger partial charge in [0.25, 0.3) is 0 Å². The molecule has 12 heavy (non-hydrogen) atoms. The van der Waals surface area contributed by atoms with E-state index in [1.807, 2.05) is 0 Å². The predicted octanol–water partition coefficient (Wildman–Crippen LogP) is 3.48. The molecular weight excluding hydrogens is 235 g/mol. The molecule has 0 nitrogen and oxygen atoms in total. The first-order valence-corrected chi connectivity index (χ1v) is 4.02. The van der Waals surface area contributed by atoms with Crippen molar-refractivity contribution in [2.45, 2.75) is 25.7 Å². The Bertz CT molecular complexity index is 108. The molecule has 1 heteroatoms. The molecule has 0 saturated carbocycles. The number of hydrogen-bond donors (Lipinski definition) is 0. The van der Waals surface area contributed by atoms with Gasteiger partial charge in [-0.2, -0.15) is 6.42 Å². The largest absolute Gasteiger partial charge is 2.00 e. The minimum Gasteiger partial charge on any atom is -0.500 e. The van der Waals surface area contributed by atoms with E-state index in [0.29, 0.717) is 0 Å². The van der Waals surface area contributed by atoms with Crippen LogP contribution in [0.5, 0.6) is 0 Å². The summed E-state index contributed by atoms with van der Waals surface area (Å²) in [5, 5.41) is 0. The van der Waals surface area contributed by atoms with Crippen LogP contribution in [0, 0.1) is 13.0 Å². The summed E-state index contributed by atoms with van der Waals surface area (Å²) in [5.41, 5.74) is 0. The molecule has 0 unspecified atom stereocenters. The normalized spacial score (nSPS) is 14.3. The van der Waals surface area contributed by atoms with E-state index in [1.54, 1.807) is 0 Å². The van der Waals surface area contributed by atoms with Gasteiger partial charge in [0.2, 0.25) is 0 Å². The quantitative estimate of drug-likeness (QED) is 0.351. The molecule has 0 aliphatic heterocycles. The summed E-state index contributed by atoms with van der Waals surface area (Å²) in [6.45, 7) is 6.50. The smallest absolute Gasteiger partial charge is 0.500 e. The Balaban J connectivity index is 0. The molecule has 0 aromatic heterocycles. The van der Waals surface area contributed by atoms with Crippen molar-refractivity contribution < 1.29 is 19.5 Å². The molecule has 0 atom stereocenters. The van der Waals surface area contributed by atoms with Crippen LogP contribution in [0.25, 0.3) is 0 Å². The average Bonchev–Trinajstić information content (AvgIpc) is 1.86. The van der Waals surface area contributed by atoms with Gasteiger partial charge in [-0.3, -0.25) is 6.08 Å². The maximum Gasteiger partial charge on any atom is 2.00 e. The van der Waals surface area contributed by atoms with Crippen molar-refractivity contribution in [1.82, 2.24) is 0 Å². The van der Waals surface area contributed by atoms with Gasteiger partial charge in [0, 0.05) is 0 Å². The molecule has 1 aliphatic carbocycles. The fourth-order valence-corrected chi connectivity index (χ4v) is 0.786. The van der Waals surface area contributed by atoms with Crippen molar-refractivity contribution in [2.24, 2.45) is 0 Å². The van der Waals surface area contributed by atoms with Crippen molar-refractivity contribution in [3.05, 3.63) is 43.9 Å². The van der Waals surface area contributed by atoms with Gasteiger partial charge in [0.05, 0.1) is 0 Å². The molecule has 69 valence electrons. The predicted molar refractivity (Wildman–Crippen MR) is 51.0 cm³/mol. The maximum atomic E-state index is 3.25. The van der Waals surface area contributed by atoms with Crippen molar-refractivity contribution in [1.29, 1.82) is 0 Å². The molecule has 1 aliphatic rings. The monoisotopic (exact) mass is 251 g/mol. The Morgan fingerprint density at radius 1 is 1.25 bits per heavy atom. The van der Waals surface area contributed by atoms with Crippen LogP contribution in [0.1, 0.15) is 25.7 Å². The Morgan fingerprint density at radius 3 is 2.50 bits per heavy atom. The first-order valence-electron chi connectivity index (χ1n) is 4.02. The summed E-state index contributed by atoms with van der Waals surface area (Å²) in [6, 6.07) is 0. The topological polar surface area (TPSA) is 0 Å². The third-order valence-corrected chi connectivity index (χ3v) is 1.24. The van der Waals surface area contributed by atoms with E-state index in [9.17, 15) is 0 Å². The molecule has 0 fully saturated rings. The second kappa shape index (κ2) is 13.3. The third-order valence-electron chi connectivity index (χ3n) is 1.24. The van der Waals surface area contributed by atoms with Crippen LogP contribution in [-0.2, 0) is 19.5 Å². The molecular formula is C11H16Rh. The van der Waals surface area contributed by atoms with Crippen LogP contribution in [0.15, 0.2) is 30.9 Å². The van der Waals surface area contributed by atoms with E-state index < -0.39 is 0 Å². The fourth-order valence-electron chi connectivity index (χ4n) is 0.786. The van der Waals surface area contributed by atoms with Crippen molar-refractivity contribution in [2.75, 3.05) is 0 Å². The zero-order valence-corrected chi connectivity index (χ0v) is 9.02. The van der Waals surface area contributed by atoms with Crippen LogP contribution in [0.2, 0.25) is 0 Å². The van der Waals surface area contributed by atoms with E-state index in [4.69, 9.17) is 0 Å². The summed E-state index contributed by atoms with van der Waals surface area (Å²) in [6.07, 6.45) is 16.0. The third kappa shape index (κ3) is 12.4.